The van der Waals surface area contributed by atoms with Gasteiger partial charge in [0, 0.05) is 38.4 Å². The molecule has 9 rings (SSSR count). The van der Waals surface area contributed by atoms with E-state index in [9.17, 15) is 15.8 Å². The maximum absolute atomic E-state index is 10.4. The maximum atomic E-state index is 10.4. The van der Waals surface area contributed by atoms with Gasteiger partial charge < -0.3 is 9.13 Å². The summed E-state index contributed by atoms with van der Waals surface area (Å²) in [5, 5.41) is 33.9. The number of rotatable bonds is 4. The molecule has 0 bridgehead atoms. The lowest BCUT2D eigenvalue weighted by molar-refractivity contribution is 1.18. The van der Waals surface area contributed by atoms with Crippen LogP contribution in [0.4, 0.5) is 0 Å². The molecular formula is C45H25N5. The van der Waals surface area contributed by atoms with Crippen molar-refractivity contribution in [3.8, 4) is 51.8 Å². The van der Waals surface area contributed by atoms with Crippen molar-refractivity contribution < 1.29 is 0 Å². The molecule has 0 amide bonds. The molecule has 0 fully saturated rings. The molecule has 0 saturated heterocycles. The summed E-state index contributed by atoms with van der Waals surface area (Å²) in [6.45, 7) is 0. The minimum Gasteiger partial charge on any atom is -0.309 e. The number of para-hydroxylation sites is 3. The Kier molecular flexibility index (Phi) is 6.56. The van der Waals surface area contributed by atoms with Gasteiger partial charge in [-0.05, 0) is 83.9 Å². The molecule has 0 atom stereocenters. The molecule has 230 valence electrons. The molecular weight excluding hydrogens is 611 g/mol. The molecule has 0 radical (unpaired) electrons. The smallest absolute Gasteiger partial charge is 0.0998 e. The van der Waals surface area contributed by atoms with Gasteiger partial charge >= 0.3 is 0 Å². The summed E-state index contributed by atoms with van der Waals surface area (Å²) in [4.78, 5) is 0. The average Bonchev–Trinajstić information content (AvgIpc) is 3.69. The van der Waals surface area contributed by atoms with E-state index in [0.717, 1.165) is 77.2 Å². The van der Waals surface area contributed by atoms with Crippen LogP contribution in [-0.2, 0) is 0 Å². The minimum absolute atomic E-state index is 0.576. The van der Waals surface area contributed by atoms with Crippen LogP contribution in [0.1, 0.15) is 16.7 Å². The second-order valence-corrected chi connectivity index (χ2v) is 12.3. The third-order valence-electron chi connectivity index (χ3n) is 9.64. The topological polar surface area (TPSA) is 81.2 Å². The third-order valence-corrected chi connectivity index (χ3v) is 9.64. The molecule has 5 heteroatoms. The average molecular weight is 636 g/mol. The zero-order valence-corrected chi connectivity index (χ0v) is 26.7. The first kappa shape index (κ1) is 28.8. The van der Waals surface area contributed by atoms with Gasteiger partial charge in [0.05, 0.1) is 62.7 Å². The molecule has 0 aliphatic rings. The van der Waals surface area contributed by atoms with Gasteiger partial charge in [0.1, 0.15) is 0 Å². The summed E-state index contributed by atoms with van der Waals surface area (Å²) in [6.07, 6.45) is 0. The predicted molar refractivity (Wildman–Crippen MR) is 200 cm³/mol. The van der Waals surface area contributed by atoms with Crippen LogP contribution < -0.4 is 0 Å². The van der Waals surface area contributed by atoms with Gasteiger partial charge in [-0.15, -0.1) is 0 Å². The first-order valence-corrected chi connectivity index (χ1v) is 16.3. The molecule has 0 unspecified atom stereocenters. The fourth-order valence-electron chi connectivity index (χ4n) is 7.46. The van der Waals surface area contributed by atoms with Crippen LogP contribution in [0.5, 0.6) is 0 Å². The number of hydrogen-bond acceptors (Lipinski definition) is 3. The fraction of sp³-hybridized carbons (Fsp3) is 0. The van der Waals surface area contributed by atoms with E-state index in [1.54, 1.807) is 0 Å². The Bertz CT molecular complexity index is 2970. The highest BCUT2D eigenvalue weighted by Gasteiger charge is 2.20. The highest BCUT2D eigenvalue weighted by molar-refractivity contribution is 6.11. The van der Waals surface area contributed by atoms with Crippen molar-refractivity contribution >= 4 is 43.6 Å². The minimum atomic E-state index is 0.576. The number of benzene rings is 7. The van der Waals surface area contributed by atoms with Gasteiger partial charge in [0.25, 0.3) is 0 Å². The van der Waals surface area contributed by atoms with E-state index in [0.29, 0.717) is 16.7 Å². The molecule has 7 aromatic carbocycles. The number of fused-ring (bicyclic) bond motifs is 6. The normalized spacial score (nSPS) is 11.1. The second-order valence-electron chi connectivity index (χ2n) is 12.3. The monoisotopic (exact) mass is 635 g/mol. The summed E-state index contributed by atoms with van der Waals surface area (Å²) in [5.74, 6) is 0. The number of nitriles is 3. The molecule has 9 aromatic rings. The molecule has 2 aromatic heterocycles. The summed E-state index contributed by atoms with van der Waals surface area (Å²) >= 11 is 0. The lowest BCUT2D eigenvalue weighted by Crippen LogP contribution is -1.99. The quantitative estimate of drug-likeness (QED) is 0.193. The van der Waals surface area contributed by atoms with Gasteiger partial charge in [-0.25, -0.2) is 0 Å². The van der Waals surface area contributed by atoms with Crippen LogP contribution in [0, 0.1) is 34.0 Å². The highest BCUT2D eigenvalue weighted by Crippen LogP contribution is 2.41. The Labute approximate surface area is 287 Å². The van der Waals surface area contributed by atoms with Crippen LogP contribution in [0.15, 0.2) is 152 Å². The van der Waals surface area contributed by atoms with Gasteiger partial charge in [0.2, 0.25) is 0 Å². The summed E-state index contributed by atoms with van der Waals surface area (Å²) < 4.78 is 4.48. The first-order valence-electron chi connectivity index (χ1n) is 16.3. The molecule has 0 saturated carbocycles. The van der Waals surface area contributed by atoms with Crippen LogP contribution >= 0.6 is 0 Å². The molecule has 0 aliphatic carbocycles. The Hall–Kier alpha value is -7.39. The van der Waals surface area contributed by atoms with Crippen LogP contribution in [-0.4, -0.2) is 9.13 Å². The second kappa shape index (κ2) is 11.4. The van der Waals surface area contributed by atoms with Crippen molar-refractivity contribution in [1.29, 1.82) is 15.8 Å². The first-order chi connectivity index (χ1) is 24.7. The zero-order chi connectivity index (χ0) is 33.8. The van der Waals surface area contributed by atoms with E-state index in [2.05, 4.69) is 81.9 Å². The maximum Gasteiger partial charge on any atom is 0.0998 e. The van der Waals surface area contributed by atoms with Crippen molar-refractivity contribution in [2.24, 2.45) is 0 Å². The predicted octanol–water partition coefficient (Wildman–Crippen LogP) is 10.8. The van der Waals surface area contributed by atoms with Crippen LogP contribution in [0.2, 0.25) is 0 Å². The molecule has 0 spiro atoms. The largest absolute Gasteiger partial charge is 0.309 e. The van der Waals surface area contributed by atoms with E-state index >= 15 is 0 Å². The van der Waals surface area contributed by atoms with Crippen molar-refractivity contribution in [1.82, 2.24) is 9.13 Å². The number of aromatic nitrogens is 2. The number of nitrogens with zero attached hydrogens (tertiary/aromatic N) is 5. The third kappa shape index (κ3) is 4.31. The van der Waals surface area contributed by atoms with Gasteiger partial charge in [-0.1, -0.05) is 78.9 Å². The molecule has 50 heavy (non-hydrogen) atoms. The zero-order valence-electron chi connectivity index (χ0n) is 26.7. The molecule has 5 nitrogen and oxygen atoms in total. The summed E-state index contributed by atoms with van der Waals surface area (Å²) in [6, 6.07) is 57.8. The molecule has 2 heterocycles. The molecule has 0 aliphatic heterocycles. The Balaban J connectivity index is 1.29. The highest BCUT2D eigenvalue weighted by atomic mass is 15.0. The standard InChI is InChI=1S/C45H25N5/c46-26-29-17-21-44-39(23-29)36-12-4-6-14-41(36)49(44)32-20-19-31(28-48)38(25-32)34-10-2-1-9-33(34)35-11-3-7-15-42(35)50-43-16-8-5-13-37(43)40-24-30(27-47)18-22-45(40)50/h1-25H. The van der Waals surface area contributed by atoms with Gasteiger partial charge in [0.15, 0.2) is 0 Å². The fourth-order valence-corrected chi connectivity index (χ4v) is 7.46. The molecule has 0 N–H and O–H groups in total. The van der Waals surface area contributed by atoms with Crippen LogP contribution in [0.3, 0.4) is 0 Å². The lowest BCUT2D eigenvalue weighted by Gasteiger charge is -2.18. The van der Waals surface area contributed by atoms with Crippen LogP contribution in [0.25, 0.3) is 77.2 Å². The summed E-state index contributed by atoms with van der Waals surface area (Å²) in [5.41, 5.74) is 11.6. The van der Waals surface area contributed by atoms with Crippen molar-refractivity contribution in [3.05, 3.63) is 168 Å². The van der Waals surface area contributed by atoms with E-state index < -0.39 is 0 Å². The van der Waals surface area contributed by atoms with Gasteiger partial charge in [-0.2, -0.15) is 15.8 Å². The van der Waals surface area contributed by atoms with E-state index in [4.69, 9.17) is 0 Å². The Morgan fingerprint density at radius 2 is 0.860 bits per heavy atom. The van der Waals surface area contributed by atoms with E-state index in [1.165, 1.54) is 0 Å². The Morgan fingerprint density at radius 1 is 0.360 bits per heavy atom. The van der Waals surface area contributed by atoms with E-state index in [1.807, 2.05) is 97.1 Å². The number of hydrogen-bond donors (Lipinski definition) is 0. The van der Waals surface area contributed by atoms with Gasteiger partial charge in [-0.3, -0.25) is 0 Å². The SMILES string of the molecule is N#Cc1ccc2c(c1)c1ccccc1n2-c1ccc(C#N)c(-c2ccccc2-c2ccccc2-n2c3ccccc3c3cc(C#N)ccc32)c1. The summed E-state index contributed by atoms with van der Waals surface area (Å²) in [7, 11) is 0. The Morgan fingerprint density at radius 3 is 1.48 bits per heavy atom. The lowest BCUT2D eigenvalue weighted by atomic mass is 9.91. The van der Waals surface area contributed by atoms with Crippen molar-refractivity contribution in [2.75, 3.05) is 0 Å². The van der Waals surface area contributed by atoms with Crippen molar-refractivity contribution in [3.63, 3.8) is 0 Å². The van der Waals surface area contributed by atoms with Crippen molar-refractivity contribution in [2.45, 2.75) is 0 Å². The van der Waals surface area contributed by atoms with E-state index in [-0.39, 0.29) is 0 Å².